The first-order chi connectivity index (χ1) is 10.4. The molecule has 0 atom stereocenters. The first kappa shape index (κ1) is 17.2. The summed E-state index contributed by atoms with van der Waals surface area (Å²) >= 11 is 0. The molecule has 0 aromatic heterocycles. The fraction of sp³-hybridized carbons (Fsp3) is 0.550. The maximum atomic E-state index is 4.29. The van der Waals surface area contributed by atoms with E-state index >= 15 is 0 Å². The molecule has 0 N–H and O–H groups in total. The number of hydrogen-bond acceptors (Lipinski definition) is 0. The molecule has 0 bridgehead atoms. The summed E-state index contributed by atoms with van der Waals surface area (Å²) in [6, 6.07) is 10.2. The zero-order chi connectivity index (χ0) is 16.2. The van der Waals surface area contributed by atoms with Crippen LogP contribution in [-0.2, 0) is 6.42 Å². The molecule has 22 heavy (non-hydrogen) atoms. The number of hydrogen-bond donors (Lipinski definition) is 0. The summed E-state index contributed by atoms with van der Waals surface area (Å²) in [4.78, 5) is 0. The molecule has 1 heterocycles. The Morgan fingerprint density at radius 3 is 2.64 bits per heavy atom. The van der Waals surface area contributed by atoms with E-state index < -0.39 is 8.07 Å². The topological polar surface area (TPSA) is 3.01 Å². The van der Waals surface area contributed by atoms with Gasteiger partial charge in [0.05, 0.1) is 0 Å². The lowest BCUT2D eigenvalue weighted by atomic mass is 9.93. The van der Waals surface area contributed by atoms with Crippen molar-refractivity contribution in [3.05, 3.63) is 47.5 Å². The summed E-state index contributed by atoms with van der Waals surface area (Å²) in [5, 5.41) is 0. The monoisotopic (exact) mass is 314 g/mol. The quantitative estimate of drug-likeness (QED) is 0.284. The second-order valence-electron chi connectivity index (χ2n) is 7.97. The van der Waals surface area contributed by atoms with Crippen LogP contribution < -0.4 is 0 Å². The van der Waals surface area contributed by atoms with Crippen molar-refractivity contribution in [2.45, 2.75) is 57.8 Å². The molecule has 0 radical (unpaired) electrons. The Morgan fingerprint density at radius 1 is 1.18 bits per heavy atom. The van der Waals surface area contributed by atoms with Gasteiger partial charge >= 0.3 is 0 Å². The van der Waals surface area contributed by atoms with Gasteiger partial charge in [-0.05, 0) is 36.9 Å². The lowest BCUT2D eigenvalue weighted by Crippen LogP contribution is -2.27. The fourth-order valence-corrected chi connectivity index (χ4v) is 5.16. The molecule has 1 nitrogen and oxygen atoms in total. The average molecular weight is 315 g/mol. The van der Waals surface area contributed by atoms with Gasteiger partial charge in [-0.15, -0.1) is 6.58 Å². The first-order valence-electron chi connectivity index (χ1n) is 8.69. The van der Waals surface area contributed by atoms with Crippen molar-refractivity contribution in [3.8, 4) is 0 Å². The molecule has 2 rings (SSSR count). The SMILES string of the molecule is C=C(CCCCC1=[N+](C)CCc2ccccc21)C[Si](C)(C)C. The molecular weight excluding hydrogens is 282 g/mol. The highest BCUT2D eigenvalue weighted by molar-refractivity contribution is 6.76. The van der Waals surface area contributed by atoms with E-state index in [1.807, 2.05) is 0 Å². The summed E-state index contributed by atoms with van der Waals surface area (Å²) in [5.41, 5.74) is 6.02. The highest BCUT2D eigenvalue weighted by atomic mass is 28.3. The number of fused-ring (bicyclic) bond motifs is 1. The summed E-state index contributed by atoms with van der Waals surface area (Å²) in [5.74, 6) is 0. The van der Waals surface area contributed by atoms with Crippen molar-refractivity contribution < 1.29 is 4.58 Å². The summed E-state index contributed by atoms with van der Waals surface area (Å²) in [6.45, 7) is 12.8. The van der Waals surface area contributed by atoms with Gasteiger partial charge in [0.1, 0.15) is 13.6 Å². The molecule has 0 aliphatic carbocycles. The zero-order valence-corrected chi connectivity index (χ0v) is 15.9. The van der Waals surface area contributed by atoms with Crippen molar-refractivity contribution in [1.29, 1.82) is 0 Å². The Labute approximate surface area is 137 Å². The van der Waals surface area contributed by atoms with Crippen LogP contribution in [0.4, 0.5) is 0 Å². The zero-order valence-electron chi connectivity index (χ0n) is 14.9. The highest BCUT2D eigenvalue weighted by Gasteiger charge is 2.22. The van der Waals surface area contributed by atoms with Gasteiger partial charge in [-0.2, -0.15) is 0 Å². The number of nitrogens with zero attached hydrogens (tertiary/aromatic N) is 1. The van der Waals surface area contributed by atoms with Gasteiger partial charge in [0.2, 0.25) is 0 Å². The molecule has 0 saturated carbocycles. The highest BCUT2D eigenvalue weighted by Crippen LogP contribution is 2.22. The third-order valence-corrected chi connectivity index (χ3v) is 6.04. The predicted molar refractivity (Wildman–Crippen MR) is 101 cm³/mol. The maximum absolute atomic E-state index is 4.29. The van der Waals surface area contributed by atoms with Crippen LogP contribution in [0.3, 0.4) is 0 Å². The Morgan fingerprint density at radius 2 is 1.91 bits per heavy atom. The maximum Gasteiger partial charge on any atom is 0.183 e. The molecule has 0 fully saturated rings. The van der Waals surface area contributed by atoms with Gasteiger partial charge in [0.25, 0.3) is 0 Å². The van der Waals surface area contributed by atoms with E-state index in [-0.39, 0.29) is 0 Å². The van der Waals surface area contributed by atoms with Crippen molar-refractivity contribution in [3.63, 3.8) is 0 Å². The van der Waals surface area contributed by atoms with Crippen LogP contribution in [0.15, 0.2) is 36.4 Å². The van der Waals surface area contributed by atoms with E-state index in [0.29, 0.717) is 0 Å². The molecule has 1 aromatic rings. The van der Waals surface area contributed by atoms with E-state index in [0.717, 1.165) is 6.54 Å². The minimum atomic E-state index is -0.984. The summed E-state index contributed by atoms with van der Waals surface area (Å²) in [6.07, 6.45) is 6.15. The van der Waals surface area contributed by atoms with Crippen LogP contribution >= 0.6 is 0 Å². The van der Waals surface area contributed by atoms with Gasteiger partial charge in [0, 0.05) is 26.5 Å². The molecule has 1 aliphatic rings. The lowest BCUT2D eigenvalue weighted by molar-refractivity contribution is -0.499. The number of unbranched alkanes of at least 4 members (excludes halogenated alkanes) is 1. The molecule has 1 aliphatic heterocycles. The molecule has 0 unspecified atom stereocenters. The van der Waals surface area contributed by atoms with Crippen molar-refractivity contribution in [2.24, 2.45) is 0 Å². The van der Waals surface area contributed by atoms with Gasteiger partial charge in [0.15, 0.2) is 5.71 Å². The van der Waals surface area contributed by atoms with Gasteiger partial charge in [-0.3, -0.25) is 0 Å². The lowest BCUT2D eigenvalue weighted by Gasteiger charge is -2.18. The predicted octanol–water partition coefficient (Wildman–Crippen LogP) is 5.13. The van der Waals surface area contributed by atoms with E-state index in [4.69, 9.17) is 0 Å². The van der Waals surface area contributed by atoms with E-state index in [9.17, 15) is 0 Å². The third-order valence-electron chi connectivity index (χ3n) is 4.48. The Balaban J connectivity index is 1.86. The average Bonchev–Trinajstić information content (AvgIpc) is 2.43. The molecular formula is C20H32NSi+. The number of likely N-dealkylation sites (N-methyl/N-ethyl adjacent to an activating group) is 1. The standard InChI is InChI=1S/C20H32NSi/c1-17(16-22(3,4)5)10-6-9-13-20-19-12-8-7-11-18(19)14-15-21(20)2/h7-8,11-12H,1,6,9-10,13-16H2,2-5H3/q+1. The van der Waals surface area contributed by atoms with Crippen LogP contribution in [-0.4, -0.2) is 32.0 Å². The Kier molecular flexibility index (Phi) is 5.79. The second-order valence-corrected chi connectivity index (χ2v) is 13.4. The van der Waals surface area contributed by atoms with E-state index in [2.05, 4.69) is 62.1 Å². The molecule has 0 spiro atoms. The summed E-state index contributed by atoms with van der Waals surface area (Å²) < 4.78 is 2.46. The first-order valence-corrected chi connectivity index (χ1v) is 12.4. The van der Waals surface area contributed by atoms with Gasteiger partial charge in [-0.25, -0.2) is 4.58 Å². The van der Waals surface area contributed by atoms with Crippen LogP contribution in [0.5, 0.6) is 0 Å². The van der Waals surface area contributed by atoms with Crippen molar-refractivity contribution in [1.82, 2.24) is 0 Å². The van der Waals surface area contributed by atoms with Gasteiger partial charge < -0.3 is 0 Å². The van der Waals surface area contributed by atoms with E-state index in [1.165, 1.54) is 60.6 Å². The number of allylic oxidation sites excluding steroid dienone is 1. The largest absolute Gasteiger partial charge is 0.235 e. The van der Waals surface area contributed by atoms with Crippen LogP contribution in [0.1, 0.15) is 36.8 Å². The molecule has 1 aromatic carbocycles. The Hall–Kier alpha value is -1.15. The molecule has 120 valence electrons. The van der Waals surface area contributed by atoms with Crippen LogP contribution in [0.25, 0.3) is 0 Å². The second kappa shape index (κ2) is 7.41. The molecule has 2 heteroatoms. The number of benzene rings is 1. The van der Waals surface area contributed by atoms with Crippen LogP contribution in [0, 0.1) is 0 Å². The summed E-state index contributed by atoms with van der Waals surface area (Å²) in [7, 11) is 1.26. The van der Waals surface area contributed by atoms with E-state index in [1.54, 1.807) is 0 Å². The third kappa shape index (κ3) is 4.94. The minimum absolute atomic E-state index is 0.984. The fourth-order valence-electron chi connectivity index (χ4n) is 3.48. The molecule has 0 amide bonds. The van der Waals surface area contributed by atoms with Gasteiger partial charge in [-0.1, -0.05) is 43.4 Å². The normalized spacial score (nSPS) is 14.9. The Bertz CT molecular complexity index is 563. The molecule has 0 saturated heterocycles. The minimum Gasteiger partial charge on any atom is -0.235 e. The number of rotatable bonds is 7. The van der Waals surface area contributed by atoms with Crippen molar-refractivity contribution in [2.75, 3.05) is 13.6 Å². The smallest absolute Gasteiger partial charge is 0.183 e. The van der Waals surface area contributed by atoms with Crippen LogP contribution in [0.2, 0.25) is 25.7 Å². The van der Waals surface area contributed by atoms with Crippen molar-refractivity contribution >= 4 is 13.8 Å².